The number of carbonyl (C=O) groups excluding carboxylic acids is 2. The maximum absolute atomic E-state index is 11.6. The fraction of sp³-hybridized carbons (Fsp3) is 0.733. The Morgan fingerprint density at radius 3 is 2.52 bits per heavy atom. The van der Waals surface area contributed by atoms with Gasteiger partial charge < -0.3 is 0 Å². The molecule has 1 aromatic heterocycles. The average Bonchev–Trinajstić information content (AvgIpc) is 2.95. The van der Waals surface area contributed by atoms with Crippen molar-refractivity contribution < 1.29 is 62.4 Å². The molecule has 1 rings (SSSR count). The molecule has 23 heavy (non-hydrogen) atoms. The Labute approximate surface area is 171 Å². The van der Waals surface area contributed by atoms with Gasteiger partial charge in [-0.05, 0) is 0 Å². The van der Waals surface area contributed by atoms with Gasteiger partial charge in [0.1, 0.15) is 5.78 Å². The molecular weight excluding hydrogens is 669 g/mol. The molecule has 1 amide bonds. The van der Waals surface area contributed by atoms with E-state index in [1.54, 1.807) is 0 Å². The standard InChI is InChI=1S/C15H24N4O2.2Hg/c1-12(2)14(20)8-4-3-7-13-11-19(18-17-13)10-6-5-9-15(16)21;;/h11-12H,3-10H2,1-2H3;;. The number of carbonyl (C=O) groups is 2. The van der Waals surface area contributed by atoms with Crippen LogP contribution in [0.25, 0.3) is 0 Å². The SMILES string of the molecule is CC(C)C(=O)CCCCc1cn(CCCCC(=O)[N]([Hg])[Hg])nn1. The second-order valence-corrected chi connectivity index (χ2v) is 25.6. The van der Waals surface area contributed by atoms with Crippen molar-refractivity contribution in [1.82, 2.24) is 15.4 Å². The van der Waals surface area contributed by atoms with Crippen LogP contribution in [-0.4, -0.2) is 27.1 Å². The Bertz CT molecular complexity index is 461. The number of amides is 1. The average molecular weight is 694 g/mol. The molecule has 8 heteroatoms. The molecule has 0 aliphatic rings. The summed E-state index contributed by atoms with van der Waals surface area (Å²) in [6.07, 6.45) is 8.01. The first-order valence-electron chi connectivity index (χ1n) is 8.26. The molecular formula is C15H24Hg2N4O2. The molecule has 0 N–H and O–H groups in total. The van der Waals surface area contributed by atoms with Gasteiger partial charge in [-0.3, -0.25) is 4.79 Å². The third kappa shape index (κ3) is 9.27. The molecule has 0 unspecified atom stereocenters. The van der Waals surface area contributed by atoms with E-state index >= 15 is 0 Å². The summed E-state index contributed by atoms with van der Waals surface area (Å²) < 4.78 is 3.88. The quantitative estimate of drug-likeness (QED) is 0.264. The van der Waals surface area contributed by atoms with Gasteiger partial charge in [-0.1, -0.05) is 13.8 Å². The van der Waals surface area contributed by atoms with Crippen molar-refractivity contribution in [2.45, 2.75) is 65.3 Å². The number of aromatic nitrogens is 3. The van der Waals surface area contributed by atoms with E-state index in [-0.39, 0.29) is 5.92 Å². The predicted molar refractivity (Wildman–Crippen MR) is 78.1 cm³/mol. The molecule has 6 nitrogen and oxygen atoms in total. The van der Waals surface area contributed by atoms with Crippen LogP contribution in [0.2, 0.25) is 0 Å². The summed E-state index contributed by atoms with van der Waals surface area (Å²) >= 11 is 0.944. The molecule has 120 valence electrons. The van der Waals surface area contributed by atoms with Gasteiger partial charge in [0.2, 0.25) is 0 Å². The molecule has 0 aliphatic carbocycles. The number of aryl methyl sites for hydroxylation is 2. The molecule has 0 bridgehead atoms. The zero-order valence-electron chi connectivity index (χ0n) is 14.3. The van der Waals surface area contributed by atoms with E-state index in [4.69, 9.17) is 0 Å². The van der Waals surface area contributed by atoms with E-state index in [0.29, 0.717) is 77.4 Å². The van der Waals surface area contributed by atoms with Crippen LogP contribution in [0.1, 0.15) is 58.1 Å². The van der Waals surface area contributed by atoms with Crippen molar-refractivity contribution in [2.75, 3.05) is 0 Å². The monoisotopic (exact) mass is 696 g/mol. The molecule has 0 aromatic carbocycles. The molecule has 0 saturated heterocycles. The minimum absolute atomic E-state index is 0.141. The van der Waals surface area contributed by atoms with E-state index in [1.165, 1.54) is 0 Å². The molecule has 1 heterocycles. The van der Waals surface area contributed by atoms with Gasteiger partial charge in [0.25, 0.3) is 0 Å². The summed E-state index contributed by atoms with van der Waals surface area (Å²) in [6, 6.07) is 0. The second-order valence-electron chi connectivity index (χ2n) is 6.19. The topological polar surface area (TPSA) is 68.1 Å². The van der Waals surface area contributed by atoms with Crippen molar-refractivity contribution in [1.29, 1.82) is 0 Å². The first-order chi connectivity index (χ1) is 10.9. The fourth-order valence-electron chi connectivity index (χ4n) is 2.16. The number of hydrogen-bond acceptors (Lipinski definition) is 4. The van der Waals surface area contributed by atoms with E-state index < -0.39 is 0 Å². The number of nitrogens with zero attached hydrogens (tertiary/aromatic N) is 4. The van der Waals surface area contributed by atoms with Gasteiger partial charge >= 0.3 is 136 Å². The van der Waals surface area contributed by atoms with Crippen molar-refractivity contribution in [2.24, 2.45) is 5.92 Å². The predicted octanol–water partition coefficient (Wildman–Crippen LogP) is 2.14. The Balaban J connectivity index is 2.17. The molecule has 0 aliphatic heterocycles. The summed E-state index contributed by atoms with van der Waals surface area (Å²) in [6.45, 7) is 4.72. The zero-order valence-corrected chi connectivity index (χ0v) is 25.3. The van der Waals surface area contributed by atoms with Gasteiger partial charge in [-0.25, -0.2) is 0 Å². The van der Waals surface area contributed by atoms with E-state index in [1.807, 2.05) is 25.2 Å². The third-order valence-electron chi connectivity index (χ3n) is 3.72. The summed E-state index contributed by atoms with van der Waals surface area (Å²) in [5.74, 6) is 0.821. The zero-order chi connectivity index (χ0) is 17.2. The summed E-state index contributed by atoms with van der Waals surface area (Å²) in [7, 11) is 0. The van der Waals surface area contributed by atoms with Crippen LogP contribution in [0, 0.1) is 5.92 Å². The maximum atomic E-state index is 11.6. The molecule has 1 aromatic rings. The van der Waals surface area contributed by atoms with Crippen LogP contribution in [0.5, 0.6) is 0 Å². The van der Waals surface area contributed by atoms with Crippen LogP contribution in [-0.2, 0) is 75.4 Å². The number of ketones is 1. The molecule has 0 spiro atoms. The number of rotatable bonds is 11. The summed E-state index contributed by atoms with van der Waals surface area (Å²) in [5.41, 5.74) is 0.994. The van der Waals surface area contributed by atoms with Gasteiger partial charge in [0.15, 0.2) is 0 Å². The second kappa shape index (κ2) is 11.7. The summed E-state index contributed by atoms with van der Waals surface area (Å²) in [4.78, 5) is 23.1. The van der Waals surface area contributed by atoms with Gasteiger partial charge in [0.05, 0.1) is 0 Å². The van der Waals surface area contributed by atoms with Crippen LogP contribution < -0.4 is 0 Å². The van der Waals surface area contributed by atoms with Crippen molar-refractivity contribution in [3.05, 3.63) is 11.9 Å². The van der Waals surface area contributed by atoms with Gasteiger partial charge in [0, 0.05) is 12.3 Å². The van der Waals surface area contributed by atoms with Gasteiger partial charge in [-0.2, -0.15) is 0 Å². The third-order valence-corrected chi connectivity index (χ3v) is 6.46. The van der Waals surface area contributed by atoms with Crippen LogP contribution in [0.3, 0.4) is 0 Å². The van der Waals surface area contributed by atoms with Crippen molar-refractivity contribution in [3.8, 4) is 0 Å². The summed E-state index contributed by atoms with van der Waals surface area (Å²) in [5, 5.41) is 8.31. The first kappa shape index (κ1) is 21.2. The molecule has 0 fully saturated rings. The van der Waals surface area contributed by atoms with Crippen molar-refractivity contribution >= 4 is 11.7 Å². The van der Waals surface area contributed by atoms with Crippen LogP contribution in [0.15, 0.2) is 6.20 Å². The van der Waals surface area contributed by atoms with Crippen LogP contribution in [0.4, 0.5) is 0 Å². The van der Waals surface area contributed by atoms with E-state index in [9.17, 15) is 9.59 Å². The number of Topliss-reactive ketones (excluding diaryl/α,β-unsaturated/α-hetero) is 1. The number of hydrogen-bond donors (Lipinski definition) is 0. The van der Waals surface area contributed by atoms with Crippen molar-refractivity contribution in [3.63, 3.8) is 0 Å². The fourth-order valence-corrected chi connectivity index (χ4v) is 3.39. The normalized spacial score (nSPS) is 11.1. The Kier molecular flexibility index (Phi) is 10.7. The molecule has 0 radical (unpaired) electrons. The minimum atomic E-state index is 0.141. The van der Waals surface area contributed by atoms with E-state index in [0.717, 1.165) is 44.3 Å². The molecule has 0 atom stereocenters. The first-order valence-corrected chi connectivity index (χ1v) is 13.2. The molecule has 0 saturated carbocycles. The Hall–Kier alpha value is 0.150. The van der Waals surface area contributed by atoms with E-state index in [2.05, 4.69) is 10.3 Å². The van der Waals surface area contributed by atoms with Crippen LogP contribution >= 0.6 is 0 Å². The van der Waals surface area contributed by atoms with Gasteiger partial charge in [-0.15, -0.1) is 0 Å². The Morgan fingerprint density at radius 1 is 1.17 bits per heavy atom. The Morgan fingerprint density at radius 2 is 1.87 bits per heavy atom. The number of unbranched alkanes of at least 4 members (excludes halogenated alkanes) is 2.